The van der Waals surface area contributed by atoms with Crippen LogP contribution in [0.5, 0.6) is 17.2 Å². The number of aromatic amines is 1. The van der Waals surface area contributed by atoms with Crippen LogP contribution >= 0.6 is 0 Å². The van der Waals surface area contributed by atoms with Crippen LogP contribution < -0.4 is 19.8 Å². The number of rotatable bonds is 6. The fourth-order valence-electron chi connectivity index (χ4n) is 3.17. The lowest BCUT2D eigenvalue weighted by atomic mass is 10.1. The van der Waals surface area contributed by atoms with Gasteiger partial charge in [0.2, 0.25) is 5.75 Å². The third-order valence-electron chi connectivity index (χ3n) is 4.45. The van der Waals surface area contributed by atoms with E-state index in [1.807, 2.05) is 23.1 Å². The van der Waals surface area contributed by atoms with Crippen molar-refractivity contribution >= 4 is 10.9 Å². The summed E-state index contributed by atoms with van der Waals surface area (Å²) in [6, 6.07) is 3.46. The average Bonchev–Trinajstić information content (AvgIpc) is 3.07. The van der Waals surface area contributed by atoms with Gasteiger partial charge in [-0.3, -0.25) is 9.69 Å². The van der Waals surface area contributed by atoms with Gasteiger partial charge >= 0.3 is 0 Å². The standard InChI is InChI=1S/C18H22N2O5/c1-23-15-8-14-13(16(24-2)17(15)25-3)7-11(18(22)19-14)9-20-6-4-5-12(20)10-21/h4-5,7-8,12,21H,6,9-10H2,1-3H3,(H,19,22)/t12-/m1/s1. The van der Waals surface area contributed by atoms with Crippen LogP contribution in [0.15, 0.2) is 29.1 Å². The lowest BCUT2D eigenvalue weighted by Crippen LogP contribution is -2.34. The lowest BCUT2D eigenvalue weighted by molar-refractivity contribution is 0.169. The summed E-state index contributed by atoms with van der Waals surface area (Å²) in [7, 11) is 4.62. The molecule has 1 aromatic carbocycles. The third kappa shape index (κ3) is 3.08. The molecule has 0 aliphatic carbocycles. The van der Waals surface area contributed by atoms with Crippen molar-refractivity contribution in [3.63, 3.8) is 0 Å². The molecule has 1 aromatic heterocycles. The highest BCUT2D eigenvalue weighted by Gasteiger charge is 2.22. The van der Waals surface area contributed by atoms with Crippen molar-refractivity contribution in [2.75, 3.05) is 34.5 Å². The first-order chi connectivity index (χ1) is 12.1. The Morgan fingerprint density at radius 3 is 2.60 bits per heavy atom. The fourth-order valence-corrected chi connectivity index (χ4v) is 3.17. The van der Waals surface area contributed by atoms with E-state index in [2.05, 4.69) is 4.98 Å². The number of pyridine rings is 1. The second-order valence-corrected chi connectivity index (χ2v) is 5.84. The molecule has 0 amide bonds. The zero-order valence-corrected chi connectivity index (χ0v) is 14.5. The van der Waals surface area contributed by atoms with E-state index in [0.29, 0.717) is 41.4 Å². The Balaban J connectivity index is 2.09. The first-order valence-electron chi connectivity index (χ1n) is 7.99. The molecule has 1 aliphatic rings. The number of H-pyrrole nitrogens is 1. The molecular formula is C18H22N2O5. The predicted molar refractivity (Wildman–Crippen MR) is 94.6 cm³/mol. The van der Waals surface area contributed by atoms with Crippen LogP contribution in [0.4, 0.5) is 0 Å². The summed E-state index contributed by atoms with van der Waals surface area (Å²) < 4.78 is 16.2. The highest BCUT2D eigenvalue weighted by atomic mass is 16.5. The number of aliphatic hydroxyl groups is 1. The van der Waals surface area contributed by atoms with Crippen molar-refractivity contribution in [1.82, 2.24) is 9.88 Å². The number of ether oxygens (including phenoxy) is 3. The Hall–Kier alpha value is -2.51. The summed E-state index contributed by atoms with van der Waals surface area (Å²) in [5.41, 5.74) is 1.03. The van der Waals surface area contributed by atoms with Crippen molar-refractivity contribution in [2.45, 2.75) is 12.6 Å². The number of hydrogen-bond acceptors (Lipinski definition) is 6. The van der Waals surface area contributed by atoms with E-state index in [1.165, 1.54) is 7.11 Å². The zero-order valence-electron chi connectivity index (χ0n) is 14.5. The molecule has 3 rings (SSSR count). The van der Waals surface area contributed by atoms with Gasteiger partial charge in [0.05, 0.1) is 39.5 Å². The molecule has 0 saturated carbocycles. The average molecular weight is 346 g/mol. The van der Waals surface area contributed by atoms with Crippen LogP contribution in [0.1, 0.15) is 5.56 Å². The third-order valence-corrected chi connectivity index (χ3v) is 4.45. The van der Waals surface area contributed by atoms with E-state index in [0.717, 1.165) is 5.39 Å². The van der Waals surface area contributed by atoms with E-state index < -0.39 is 0 Å². The minimum absolute atomic E-state index is 0.0241. The van der Waals surface area contributed by atoms with Gasteiger partial charge in [0.25, 0.3) is 5.56 Å². The van der Waals surface area contributed by atoms with Gasteiger partial charge in [-0.05, 0) is 6.07 Å². The highest BCUT2D eigenvalue weighted by Crippen LogP contribution is 2.42. The summed E-state index contributed by atoms with van der Waals surface area (Å²) in [6.07, 6.45) is 3.94. The van der Waals surface area contributed by atoms with Gasteiger partial charge in [-0.15, -0.1) is 0 Å². The molecule has 0 fully saturated rings. The number of benzene rings is 1. The van der Waals surface area contributed by atoms with Crippen LogP contribution in [0.3, 0.4) is 0 Å². The molecule has 2 N–H and O–H groups in total. The molecular weight excluding hydrogens is 324 g/mol. The van der Waals surface area contributed by atoms with E-state index in [9.17, 15) is 9.90 Å². The summed E-state index contributed by atoms with van der Waals surface area (Å²) in [4.78, 5) is 17.4. The Kier molecular flexibility index (Phi) is 4.96. The van der Waals surface area contributed by atoms with Gasteiger partial charge in [-0.1, -0.05) is 12.2 Å². The summed E-state index contributed by atoms with van der Waals surface area (Å²) in [6.45, 7) is 1.16. The van der Waals surface area contributed by atoms with Crippen molar-refractivity contribution < 1.29 is 19.3 Å². The minimum Gasteiger partial charge on any atom is -0.493 e. The minimum atomic E-state index is -0.176. The van der Waals surface area contributed by atoms with Crippen molar-refractivity contribution in [2.24, 2.45) is 0 Å². The first kappa shape index (κ1) is 17.3. The van der Waals surface area contributed by atoms with E-state index in [4.69, 9.17) is 14.2 Å². The Morgan fingerprint density at radius 1 is 1.20 bits per heavy atom. The van der Waals surface area contributed by atoms with Gasteiger partial charge < -0.3 is 24.3 Å². The molecule has 1 aliphatic heterocycles. The number of nitrogens with one attached hydrogen (secondary N) is 1. The molecule has 7 heteroatoms. The van der Waals surface area contributed by atoms with E-state index in [1.54, 1.807) is 20.3 Å². The van der Waals surface area contributed by atoms with Crippen LogP contribution in [-0.4, -0.2) is 55.5 Å². The molecule has 7 nitrogen and oxygen atoms in total. The van der Waals surface area contributed by atoms with Gasteiger partial charge in [-0.2, -0.15) is 0 Å². The van der Waals surface area contributed by atoms with Crippen LogP contribution in [0, 0.1) is 0 Å². The van der Waals surface area contributed by atoms with Crippen molar-refractivity contribution in [1.29, 1.82) is 0 Å². The Morgan fingerprint density at radius 2 is 1.96 bits per heavy atom. The SMILES string of the molecule is COc1cc2[nH]c(=O)c(CN3CC=C[C@@H]3CO)cc2c(OC)c1OC. The molecule has 2 aromatic rings. The largest absolute Gasteiger partial charge is 0.493 e. The van der Waals surface area contributed by atoms with E-state index in [-0.39, 0.29) is 18.2 Å². The number of methoxy groups -OCH3 is 3. The monoisotopic (exact) mass is 346 g/mol. The van der Waals surface area contributed by atoms with Gasteiger partial charge in [0.1, 0.15) is 0 Å². The number of nitrogens with zero attached hydrogens (tertiary/aromatic N) is 1. The zero-order chi connectivity index (χ0) is 18.0. The number of aliphatic hydroxyl groups excluding tert-OH is 1. The molecule has 0 saturated heterocycles. The van der Waals surface area contributed by atoms with Gasteiger partial charge in [0, 0.05) is 30.1 Å². The van der Waals surface area contributed by atoms with Crippen LogP contribution in [0.25, 0.3) is 10.9 Å². The fraction of sp³-hybridized carbons (Fsp3) is 0.389. The van der Waals surface area contributed by atoms with Crippen LogP contribution in [0.2, 0.25) is 0 Å². The summed E-state index contributed by atoms with van der Waals surface area (Å²) in [5, 5.41) is 10.2. The maximum Gasteiger partial charge on any atom is 0.252 e. The number of aromatic nitrogens is 1. The van der Waals surface area contributed by atoms with Crippen molar-refractivity contribution in [3.8, 4) is 17.2 Å². The molecule has 0 bridgehead atoms. The quantitative estimate of drug-likeness (QED) is 0.767. The second-order valence-electron chi connectivity index (χ2n) is 5.84. The molecule has 2 heterocycles. The summed E-state index contributed by atoms with van der Waals surface area (Å²) >= 11 is 0. The second kappa shape index (κ2) is 7.16. The molecule has 0 radical (unpaired) electrons. The van der Waals surface area contributed by atoms with Gasteiger partial charge in [-0.25, -0.2) is 0 Å². The van der Waals surface area contributed by atoms with E-state index >= 15 is 0 Å². The normalized spacial score (nSPS) is 17.2. The molecule has 0 unspecified atom stereocenters. The van der Waals surface area contributed by atoms with Crippen molar-refractivity contribution in [3.05, 3.63) is 40.2 Å². The lowest BCUT2D eigenvalue weighted by Gasteiger charge is -2.22. The molecule has 0 spiro atoms. The smallest absolute Gasteiger partial charge is 0.252 e. The first-order valence-corrected chi connectivity index (χ1v) is 7.99. The molecule has 134 valence electrons. The topological polar surface area (TPSA) is 84.0 Å². The summed E-state index contributed by atoms with van der Waals surface area (Å²) in [5.74, 6) is 1.47. The Bertz CT molecular complexity index is 859. The number of fused-ring (bicyclic) bond motifs is 1. The highest BCUT2D eigenvalue weighted by molar-refractivity contribution is 5.90. The van der Waals surface area contributed by atoms with Crippen LogP contribution in [-0.2, 0) is 6.54 Å². The molecule has 25 heavy (non-hydrogen) atoms. The maximum atomic E-state index is 12.5. The van der Waals surface area contributed by atoms with Gasteiger partial charge in [0.15, 0.2) is 11.5 Å². The maximum absolute atomic E-state index is 12.5. The number of hydrogen-bond donors (Lipinski definition) is 2. The Labute approximate surface area is 145 Å². The predicted octanol–water partition coefficient (Wildman–Crippen LogP) is 1.29. The molecule has 1 atom stereocenters.